The number of aromatic nitrogens is 1. The van der Waals surface area contributed by atoms with Crippen LogP contribution < -0.4 is 15.4 Å². The summed E-state index contributed by atoms with van der Waals surface area (Å²) in [5.41, 5.74) is 1.01. The van der Waals surface area contributed by atoms with Crippen molar-refractivity contribution in [2.45, 2.75) is 46.6 Å². The maximum atomic E-state index is 12.5. The van der Waals surface area contributed by atoms with Crippen LogP contribution in [-0.4, -0.2) is 36.1 Å². The zero-order chi connectivity index (χ0) is 21.9. The molecule has 7 nitrogen and oxygen atoms in total. The fraction of sp³-hybridized carbons (Fsp3) is 0.435. The SMILES string of the molecule is CCOc1ccc(Nc2ncccc2C(=O)OCC(=O)NC(C)CCC(C)C)cc1. The van der Waals surface area contributed by atoms with Crippen LogP contribution in [0.15, 0.2) is 42.6 Å². The zero-order valence-electron chi connectivity index (χ0n) is 18.1. The Morgan fingerprint density at radius 1 is 1.07 bits per heavy atom. The van der Waals surface area contributed by atoms with Crippen molar-refractivity contribution in [1.82, 2.24) is 10.3 Å². The molecule has 0 bridgehead atoms. The van der Waals surface area contributed by atoms with Crippen molar-refractivity contribution in [3.05, 3.63) is 48.2 Å². The Kier molecular flexibility index (Phi) is 9.12. The molecule has 0 aliphatic rings. The summed E-state index contributed by atoms with van der Waals surface area (Å²) in [5.74, 6) is 0.773. The smallest absolute Gasteiger partial charge is 0.342 e. The molecular weight excluding hydrogens is 382 g/mol. The minimum atomic E-state index is -0.610. The Balaban J connectivity index is 1.92. The van der Waals surface area contributed by atoms with E-state index in [2.05, 4.69) is 29.5 Å². The topological polar surface area (TPSA) is 89.6 Å². The van der Waals surface area contributed by atoms with E-state index in [1.807, 2.05) is 38.1 Å². The third-order valence-corrected chi connectivity index (χ3v) is 4.37. The fourth-order valence-corrected chi connectivity index (χ4v) is 2.79. The van der Waals surface area contributed by atoms with E-state index in [0.717, 1.165) is 24.3 Å². The number of amides is 1. The Bertz CT molecular complexity index is 821. The number of hydrogen-bond acceptors (Lipinski definition) is 6. The molecule has 2 N–H and O–H groups in total. The van der Waals surface area contributed by atoms with E-state index < -0.39 is 5.97 Å². The van der Waals surface area contributed by atoms with Gasteiger partial charge in [0.1, 0.15) is 17.1 Å². The summed E-state index contributed by atoms with van der Waals surface area (Å²) in [6.07, 6.45) is 3.49. The second-order valence-electron chi connectivity index (χ2n) is 7.50. The molecule has 0 saturated heterocycles. The number of nitrogens with zero attached hydrogens (tertiary/aromatic N) is 1. The van der Waals surface area contributed by atoms with Gasteiger partial charge in [-0.1, -0.05) is 13.8 Å². The number of esters is 1. The van der Waals surface area contributed by atoms with Crippen molar-refractivity contribution >= 4 is 23.4 Å². The summed E-state index contributed by atoms with van der Waals surface area (Å²) in [6, 6.07) is 10.6. The van der Waals surface area contributed by atoms with E-state index in [4.69, 9.17) is 9.47 Å². The third kappa shape index (κ3) is 7.73. The molecule has 0 saturated carbocycles. The van der Waals surface area contributed by atoms with Gasteiger partial charge in [0.05, 0.1) is 6.61 Å². The molecule has 0 aliphatic carbocycles. The molecule has 1 heterocycles. The second kappa shape index (κ2) is 11.8. The molecule has 1 atom stereocenters. The van der Waals surface area contributed by atoms with Gasteiger partial charge >= 0.3 is 5.97 Å². The molecule has 2 aromatic rings. The number of pyridine rings is 1. The van der Waals surface area contributed by atoms with Crippen LogP contribution in [0.3, 0.4) is 0 Å². The van der Waals surface area contributed by atoms with Crippen molar-refractivity contribution in [1.29, 1.82) is 0 Å². The first-order chi connectivity index (χ1) is 14.4. The highest BCUT2D eigenvalue weighted by molar-refractivity contribution is 5.96. The highest BCUT2D eigenvalue weighted by atomic mass is 16.5. The molecule has 0 fully saturated rings. The van der Waals surface area contributed by atoms with E-state index in [-0.39, 0.29) is 24.1 Å². The monoisotopic (exact) mass is 413 g/mol. The Morgan fingerprint density at radius 2 is 1.80 bits per heavy atom. The molecule has 162 valence electrons. The number of rotatable bonds is 11. The molecular formula is C23H31N3O4. The van der Waals surface area contributed by atoms with Crippen molar-refractivity contribution in [3.63, 3.8) is 0 Å². The summed E-state index contributed by atoms with van der Waals surface area (Å²) in [5, 5.41) is 5.95. The lowest BCUT2D eigenvalue weighted by Crippen LogP contribution is -2.36. The molecule has 1 unspecified atom stereocenters. The molecule has 30 heavy (non-hydrogen) atoms. The molecule has 1 aromatic heterocycles. The highest BCUT2D eigenvalue weighted by Gasteiger charge is 2.16. The van der Waals surface area contributed by atoms with Gasteiger partial charge < -0.3 is 20.1 Å². The first-order valence-electron chi connectivity index (χ1n) is 10.3. The molecule has 0 aliphatic heterocycles. The van der Waals surface area contributed by atoms with Crippen molar-refractivity contribution in [2.75, 3.05) is 18.5 Å². The van der Waals surface area contributed by atoms with Crippen LogP contribution in [0.2, 0.25) is 0 Å². The van der Waals surface area contributed by atoms with Gasteiger partial charge in [0.15, 0.2) is 6.61 Å². The van der Waals surface area contributed by atoms with Crippen LogP contribution in [-0.2, 0) is 9.53 Å². The average molecular weight is 414 g/mol. The van der Waals surface area contributed by atoms with Crippen LogP contribution in [0.1, 0.15) is 50.9 Å². The van der Waals surface area contributed by atoms with Gasteiger partial charge in [0, 0.05) is 17.9 Å². The lowest BCUT2D eigenvalue weighted by atomic mass is 10.0. The van der Waals surface area contributed by atoms with Gasteiger partial charge in [-0.2, -0.15) is 0 Å². The largest absolute Gasteiger partial charge is 0.494 e. The minimum absolute atomic E-state index is 0.0360. The predicted molar refractivity (Wildman–Crippen MR) is 117 cm³/mol. The quantitative estimate of drug-likeness (QED) is 0.533. The van der Waals surface area contributed by atoms with Crippen molar-refractivity contribution < 1.29 is 19.1 Å². The van der Waals surface area contributed by atoms with E-state index in [1.165, 1.54) is 0 Å². The summed E-state index contributed by atoms with van der Waals surface area (Å²) < 4.78 is 10.6. The molecule has 7 heteroatoms. The summed E-state index contributed by atoms with van der Waals surface area (Å²) in [7, 11) is 0. The van der Waals surface area contributed by atoms with E-state index in [1.54, 1.807) is 18.3 Å². The van der Waals surface area contributed by atoms with Gasteiger partial charge in [-0.05, 0) is 69.0 Å². The Labute approximate surface area is 178 Å². The second-order valence-corrected chi connectivity index (χ2v) is 7.50. The predicted octanol–water partition coefficient (Wildman–Crippen LogP) is 4.32. The van der Waals surface area contributed by atoms with Gasteiger partial charge in [-0.15, -0.1) is 0 Å². The standard InChI is InChI=1S/C23H31N3O4/c1-5-29-19-12-10-18(11-13-19)26-22-20(7-6-14-24-22)23(28)30-15-21(27)25-17(4)9-8-16(2)3/h6-7,10-14,16-17H,5,8-9,15H2,1-4H3,(H,24,26)(H,25,27). The molecule has 2 rings (SSSR count). The lowest BCUT2D eigenvalue weighted by Gasteiger charge is -2.15. The maximum Gasteiger partial charge on any atom is 0.342 e. The van der Waals surface area contributed by atoms with Crippen LogP contribution >= 0.6 is 0 Å². The van der Waals surface area contributed by atoms with E-state index in [0.29, 0.717) is 18.3 Å². The lowest BCUT2D eigenvalue weighted by molar-refractivity contribution is -0.124. The maximum absolute atomic E-state index is 12.5. The number of hydrogen-bond donors (Lipinski definition) is 2. The van der Waals surface area contributed by atoms with Gasteiger partial charge in [-0.3, -0.25) is 4.79 Å². The van der Waals surface area contributed by atoms with Crippen molar-refractivity contribution in [2.24, 2.45) is 5.92 Å². The Hall–Kier alpha value is -3.09. The normalized spacial score (nSPS) is 11.6. The first kappa shape index (κ1) is 23.2. The molecule has 0 radical (unpaired) electrons. The first-order valence-corrected chi connectivity index (χ1v) is 10.3. The number of carbonyl (C=O) groups is 2. The van der Waals surface area contributed by atoms with Crippen LogP contribution in [0.25, 0.3) is 0 Å². The van der Waals surface area contributed by atoms with E-state index >= 15 is 0 Å². The fourth-order valence-electron chi connectivity index (χ4n) is 2.79. The number of anilines is 2. The third-order valence-electron chi connectivity index (χ3n) is 4.37. The zero-order valence-corrected chi connectivity index (χ0v) is 18.1. The number of ether oxygens (including phenoxy) is 2. The molecule has 1 aromatic carbocycles. The summed E-state index contributed by atoms with van der Waals surface area (Å²) in [4.78, 5) is 28.8. The van der Waals surface area contributed by atoms with Crippen LogP contribution in [0.5, 0.6) is 5.75 Å². The molecule has 1 amide bonds. The minimum Gasteiger partial charge on any atom is -0.494 e. The van der Waals surface area contributed by atoms with Crippen LogP contribution in [0.4, 0.5) is 11.5 Å². The number of benzene rings is 1. The van der Waals surface area contributed by atoms with Crippen molar-refractivity contribution in [3.8, 4) is 5.75 Å². The summed E-state index contributed by atoms with van der Waals surface area (Å²) in [6.45, 7) is 8.41. The molecule has 0 spiro atoms. The Morgan fingerprint density at radius 3 is 2.47 bits per heavy atom. The average Bonchev–Trinajstić information content (AvgIpc) is 2.72. The van der Waals surface area contributed by atoms with Gasteiger partial charge in [0.2, 0.25) is 0 Å². The number of nitrogens with one attached hydrogen (secondary N) is 2. The summed E-state index contributed by atoms with van der Waals surface area (Å²) >= 11 is 0. The van der Waals surface area contributed by atoms with Crippen LogP contribution in [0, 0.1) is 5.92 Å². The van der Waals surface area contributed by atoms with Gasteiger partial charge in [0.25, 0.3) is 5.91 Å². The number of carbonyl (C=O) groups excluding carboxylic acids is 2. The van der Waals surface area contributed by atoms with E-state index in [9.17, 15) is 9.59 Å². The van der Waals surface area contributed by atoms with Gasteiger partial charge in [-0.25, -0.2) is 9.78 Å². The highest BCUT2D eigenvalue weighted by Crippen LogP contribution is 2.21.